The zero-order chi connectivity index (χ0) is 18.4. The number of anilines is 2. The summed E-state index contributed by atoms with van der Waals surface area (Å²) in [5.74, 6) is -0.0803. The van der Waals surface area contributed by atoms with Gasteiger partial charge in [0.2, 0.25) is 5.75 Å². The van der Waals surface area contributed by atoms with Crippen molar-refractivity contribution in [1.82, 2.24) is 15.0 Å². The van der Waals surface area contributed by atoms with E-state index >= 15 is 0 Å². The van der Waals surface area contributed by atoms with Crippen molar-refractivity contribution in [2.75, 3.05) is 19.5 Å². The molecule has 2 heterocycles. The summed E-state index contributed by atoms with van der Waals surface area (Å²) < 4.78 is 24.4. The van der Waals surface area contributed by atoms with E-state index in [1.165, 1.54) is 20.3 Å². The zero-order valence-corrected chi connectivity index (χ0v) is 14.5. The number of halogens is 2. The van der Waals surface area contributed by atoms with Crippen LogP contribution in [-0.4, -0.2) is 29.2 Å². The second kappa shape index (κ2) is 8.25. The molecule has 0 saturated carbocycles. The van der Waals surface area contributed by atoms with E-state index in [9.17, 15) is 4.39 Å². The Bertz CT molecular complexity index is 825. The van der Waals surface area contributed by atoms with Crippen molar-refractivity contribution >= 4 is 28.7 Å². The van der Waals surface area contributed by atoms with Crippen molar-refractivity contribution in [3.8, 4) is 11.6 Å². The summed E-state index contributed by atoms with van der Waals surface area (Å²) in [6, 6.07) is 3.47. The molecule has 130 valence electrons. The van der Waals surface area contributed by atoms with E-state index in [1.54, 1.807) is 24.5 Å². The van der Waals surface area contributed by atoms with Crippen LogP contribution in [0.1, 0.15) is 5.82 Å². The van der Waals surface area contributed by atoms with Crippen molar-refractivity contribution < 1.29 is 13.9 Å². The minimum atomic E-state index is -0.760. The van der Waals surface area contributed by atoms with E-state index in [2.05, 4.69) is 33.4 Å². The lowest BCUT2D eigenvalue weighted by Crippen LogP contribution is -2.06. The molecule has 0 aliphatic heterocycles. The number of nitrogens with zero attached hydrogens (tertiary/aromatic N) is 3. The Morgan fingerprint density at radius 3 is 2.40 bits per heavy atom. The minimum Gasteiger partial charge on any atom is -0.489 e. The Hall–Kier alpha value is -2.93. The summed E-state index contributed by atoms with van der Waals surface area (Å²) in [6.07, 6.45) is 4.50. The van der Waals surface area contributed by atoms with Crippen LogP contribution in [0, 0.1) is 0 Å². The minimum absolute atomic E-state index is 0.0151. The Morgan fingerprint density at radius 2 is 1.88 bits per heavy atom. The highest BCUT2D eigenvalue weighted by atomic mass is 35.5. The second-order valence-corrected chi connectivity index (χ2v) is 5.19. The van der Waals surface area contributed by atoms with Crippen LogP contribution in [-0.2, 0) is 0 Å². The molecule has 0 fully saturated rings. The lowest BCUT2D eigenvalue weighted by Gasteiger charge is -2.15. The number of hydrogen-bond acceptors (Lipinski definition) is 6. The largest absolute Gasteiger partial charge is 0.489 e. The number of pyridine rings is 1. The molecule has 2 aromatic heterocycles. The van der Waals surface area contributed by atoms with Gasteiger partial charge < -0.3 is 14.8 Å². The normalized spacial score (nSPS) is 11.0. The number of ether oxygens (including phenoxy) is 2. The Balaban J connectivity index is 2.61. The van der Waals surface area contributed by atoms with Gasteiger partial charge >= 0.3 is 0 Å². The highest BCUT2D eigenvalue weighted by Gasteiger charge is 2.20. The maximum absolute atomic E-state index is 13.8. The van der Waals surface area contributed by atoms with E-state index in [-0.39, 0.29) is 33.9 Å². The fourth-order valence-electron chi connectivity index (χ4n) is 1.95. The lowest BCUT2D eigenvalue weighted by molar-refractivity contribution is 0.342. The number of methoxy groups -OCH3 is 2. The molecular formula is C17H16ClFN4O2. The first-order valence-corrected chi connectivity index (χ1v) is 7.42. The fraction of sp³-hybridized carbons (Fsp3) is 0.118. The smallest absolute Gasteiger partial charge is 0.262 e. The van der Waals surface area contributed by atoms with Crippen LogP contribution < -0.4 is 14.8 Å². The summed E-state index contributed by atoms with van der Waals surface area (Å²) in [4.78, 5) is 12.4. The zero-order valence-electron chi connectivity index (χ0n) is 13.7. The van der Waals surface area contributed by atoms with Crippen molar-refractivity contribution in [3.63, 3.8) is 0 Å². The molecule has 0 radical (unpaired) electrons. The Labute approximate surface area is 149 Å². The Kier molecular flexibility index (Phi) is 6.08. The number of nitrogens with one attached hydrogen (secondary N) is 1. The van der Waals surface area contributed by atoms with Gasteiger partial charge in [0.1, 0.15) is 5.83 Å². The van der Waals surface area contributed by atoms with Crippen LogP contribution in [0.2, 0.25) is 0 Å². The first-order chi connectivity index (χ1) is 12.0. The molecule has 0 aliphatic rings. The molecule has 2 aromatic rings. The first-order valence-electron chi connectivity index (χ1n) is 7.04. The number of aromatic nitrogens is 3. The third kappa shape index (κ3) is 4.54. The first kappa shape index (κ1) is 18.4. The summed E-state index contributed by atoms with van der Waals surface area (Å²) >= 11 is 5.76. The van der Waals surface area contributed by atoms with Gasteiger partial charge in [-0.25, -0.2) is 9.37 Å². The molecule has 0 atom stereocenters. The third-order valence-corrected chi connectivity index (χ3v) is 3.12. The predicted octanol–water partition coefficient (Wildman–Crippen LogP) is 4.25. The van der Waals surface area contributed by atoms with E-state index < -0.39 is 5.83 Å². The number of allylic oxidation sites excluding steroid dienone is 4. The van der Waals surface area contributed by atoms with Gasteiger partial charge in [-0.2, -0.15) is 4.98 Å². The van der Waals surface area contributed by atoms with E-state index in [0.29, 0.717) is 5.69 Å². The van der Waals surface area contributed by atoms with Crippen molar-refractivity contribution in [2.45, 2.75) is 0 Å². The van der Waals surface area contributed by atoms with E-state index in [4.69, 9.17) is 21.1 Å². The molecule has 0 saturated heterocycles. The summed E-state index contributed by atoms with van der Waals surface area (Å²) in [5, 5.41) is 3.16. The molecule has 0 aromatic carbocycles. The quantitative estimate of drug-likeness (QED) is 0.742. The van der Waals surface area contributed by atoms with Crippen LogP contribution in [0.4, 0.5) is 15.9 Å². The molecule has 8 heteroatoms. The second-order valence-electron chi connectivity index (χ2n) is 4.71. The van der Waals surface area contributed by atoms with Crippen LogP contribution in [0.25, 0.3) is 5.57 Å². The Morgan fingerprint density at radius 1 is 1.20 bits per heavy atom. The van der Waals surface area contributed by atoms with Gasteiger partial charge in [0, 0.05) is 23.1 Å². The maximum Gasteiger partial charge on any atom is 0.262 e. The summed E-state index contributed by atoms with van der Waals surface area (Å²) in [7, 11) is 2.86. The van der Waals surface area contributed by atoms with Crippen LogP contribution >= 0.6 is 11.6 Å². The third-order valence-electron chi connectivity index (χ3n) is 3.01. The van der Waals surface area contributed by atoms with Gasteiger partial charge in [0.25, 0.3) is 5.88 Å². The molecule has 0 bridgehead atoms. The van der Waals surface area contributed by atoms with Crippen molar-refractivity contribution in [2.24, 2.45) is 0 Å². The van der Waals surface area contributed by atoms with Gasteiger partial charge in [0.15, 0.2) is 11.6 Å². The molecule has 25 heavy (non-hydrogen) atoms. The predicted molar refractivity (Wildman–Crippen MR) is 95.9 cm³/mol. The van der Waals surface area contributed by atoms with E-state index in [1.807, 2.05) is 0 Å². The van der Waals surface area contributed by atoms with Gasteiger partial charge in [0.05, 0.1) is 19.8 Å². The summed E-state index contributed by atoms with van der Waals surface area (Å²) in [6.45, 7) is 6.80. The number of hydrogen-bond donors (Lipinski definition) is 1. The van der Waals surface area contributed by atoms with E-state index in [0.717, 1.165) is 0 Å². The van der Waals surface area contributed by atoms with Crippen LogP contribution in [0.5, 0.6) is 11.6 Å². The monoisotopic (exact) mass is 362 g/mol. The molecule has 6 nitrogen and oxygen atoms in total. The molecule has 0 amide bonds. The lowest BCUT2D eigenvalue weighted by atomic mass is 10.2. The van der Waals surface area contributed by atoms with Crippen LogP contribution in [0.3, 0.4) is 0 Å². The van der Waals surface area contributed by atoms with Crippen LogP contribution in [0.15, 0.2) is 54.6 Å². The van der Waals surface area contributed by atoms with Crippen molar-refractivity contribution in [1.29, 1.82) is 0 Å². The molecular weight excluding hydrogens is 347 g/mol. The highest BCUT2D eigenvalue weighted by Crippen LogP contribution is 2.36. The maximum atomic E-state index is 13.8. The van der Waals surface area contributed by atoms with Gasteiger partial charge in [-0.05, 0) is 18.2 Å². The molecule has 0 spiro atoms. The average Bonchev–Trinajstić information content (AvgIpc) is 2.59. The standard InChI is InChI=1S/C17H16ClFN4O2/c1-10(18)9-13(11(2)19)15-22-16(14(24-3)17(23-15)25-4)21-12-5-7-20-8-6-12/h5-9H,1-2H2,3-4H3,(H,20,21,22,23)/b13-9+. The molecule has 1 N–H and O–H groups in total. The fourth-order valence-corrected chi connectivity index (χ4v) is 2.06. The highest BCUT2D eigenvalue weighted by molar-refractivity contribution is 6.31. The molecule has 0 unspecified atom stereocenters. The SMILES string of the molecule is C=C(Cl)/C=C(\C(=C)F)c1nc(Nc2ccncc2)c(OC)c(OC)n1. The molecule has 0 aliphatic carbocycles. The summed E-state index contributed by atoms with van der Waals surface area (Å²) in [5.41, 5.74) is 0.685. The number of rotatable bonds is 7. The van der Waals surface area contributed by atoms with Gasteiger partial charge in [-0.15, -0.1) is 0 Å². The topological polar surface area (TPSA) is 69.2 Å². The average molecular weight is 363 g/mol. The van der Waals surface area contributed by atoms with Crippen molar-refractivity contribution in [3.05, 3.63) is 60.4 Å². The molecule has 2 rings (SSSR count). The van der Waals surface area contributed by atoms with Gasteiger partial charge in [-0.3, -0.25) is 4.98 Å². The van der Waals surface area contributed by atoms with Gasteiger partial charge in [-0.1, -0.05) is 24.8 Å².